The van der Waals surface area contributed by atoms with E-state index in [0.717, 1.165) is 12.3 Å². The van der Waals surface area contributed by atoms with Crippen LogP contribution < -0.4 is 5.32 Å². The number of nitrogens with zero attached hydrogens (tertiary/aromatic N) is 1. The Morgan fingerprint density at radius 3 is 2.54 bits per heavy atom. The Labute approximate surface area is 81.1 Å². The van der Waals surface area contributed by atoms with E-state index in [1.807, 2.05) is 6.20 Å². The standard InChI is InChI=1S/C11H20N2/c1-10(2,3)9-12-8-6-7-11(4,5)13-9/h6,8H,7H2,1-5H3,(H,12,13). The average Bonchev–Trinajstić information content (AvgIpc) is 2.08. The van der Waals surface area contributed by atoms with Gasteiger partial charge in [0.15, 0.2) is 0 Å². The van der Waals surface area contributed by atoms with E-state index in [0.29, 0.717) is 0 Å². The second-order valence-electron chi connectivity index (χ2n) is 5.27. The minimum Gasteiger partial charge on any atom is -0.350 e. The molecule has 0 fully saturated rings. The fourth-order valence-electron chi connectivity index (χ4n) is 1.25. The number of amidine groups is 1. The van der Waals surface area contributed by atoms with Gasteiger partial charge in [0.2, 0.25) is 0 Å². The van der Waals surface area contributed by atoms with Crippen LogP contribution in [0.5, 0.6) is 0 Å². The molecule has 1 aliphatic rings. The zero-order valence-corrected chi connectivity index (χ0v) is 9.31. The molecule has 1 heterocycles. The molecule has 0 spiro atoms. The van der Waals surface area contributed by atoms with Gasteiger partial charge in [-0.15, -0.1) is 0 Å². The van der Waals surface area contributed by atoms with Crippen LogP contribution in [0.2, 0.25) is 0 Å². The van der Waals surface area contributed by atoms with Crippen LogP contribution in [0.4, 0.5) is 0 Å². The Bertz CT molecular complexity index is 241. The van der Waals surface area contributed by atoms with Crippen molar-refractivity contribution in [3.05, 3.63) is 12.3 Å². The van der Waals surface area contributed by atoms with Gasteiger partial charge in [-0.2, -0.15) is 0 Å². The molecule has 1 aliphatic heterocycles. The maximum Gasteiger partial charge on any atom is 0.106 e. The molecule has 0 radical (unpaired) electrons. The minimum atomic E-state index is 0.0304. The van der Waals surface area contributed by atoms with Crippen molar-refractivity contribution in [1.29, 1.82) is 0 Å². The van der Waals surface area contributed by atoms with Gasteiger partial charge in [0.25, 0.3) is 0 Å². The van der Waals surface area contributed by atoms with Gasteiger partial charge in [0.1, 0.15) is 5.84 Å². The molecule has 0 aliphatic carbocycles. The van der Waals surface area contributed by atoms with Crippen molar-refractivity contribution in [3.63, 3.8) is 0 Å². The summed E-state index contributed by atoms with van der Waals surface area (Å²) in [6, 6.07) is 0. The summed E-state index contributed by atoms with van der Waals surface area (Å²) in [4.78, 5) is 4.72. The Morgan fingerprint density at radius 2 is 2.00 bits per heavy atom. The topological polar surface area (TPSA) is 24.4 Å². The smallest absolute Gasteiger partial charge is 0.106 e. The molecule has 13 heavy (non-hydrogen) atoms. The molecule has 1 rings (SSSR count). The zero-order valence-electron chi connectivity index (χ0n) is 9.31. The van der Waals surface area contributed by atoms with Crippen LogP contribution in [0.15, 0.2) is 17.3 Å². The summed E-state index contributed by atoms with van der Waals surface area (Å²) < 4.78 is 0. The highest BCUT2D eigenvalue weighted by molar-refractivity contribution is 5.88. The predicted molar refractivity (Wildman–Crippen MR) is 57.9 cm³/mol. The normalized spacial score (nSPS) is 21.8. The fourth-order valence-corrected chi connectivity index (χ4v) is 1.25. The van der Waals surface area contributed by atoms with E-state index >= 15 is 0 Å². The molecule has 74 valence electrons. The van der Waals surface area contributed by atoms with E-state index in [4.69, 9.17) is 4.99 Å². The predicted octanol–water partition coefficient (Wildman–Crippen LogP) is 2.72. The van der Waals surface area contributed by atoms with E-state index in [2.05, 4.69) is 46.0 Å². The maximum absolute atomic E-state index is 4.72. The Kier molecular flexibility index (Phi) is 2.51. The first-order valence-electron chi connectivity index (χ1n) is 4.83. The van der Waals surface area contributed by atoms with Crippen LogP contribution in [0.1, 0.15) is 41.0 Å². The van der Waals surface area contributed by atoms with Crippen molar-refractivity contribution in [3.8, 4) is 0 Å². The van der Waals surface area contributed by atoms with E-state index in [9.17, 15) is 0 Å². The Morgan fingerprint density at radius 1 is 1.38 bits per heavy atom. The summed E-state index contributed by atoms with van der Waals surface area (Å²) in [5.41, 5.74) is 0.133. The molecule has 0 aromatic heterocycles. The highest BCUT2D eigenvalue weighted by Crippen LogP contribution is 2.23. The summed E-state index contributed by atoms with van der Waals surface area (Å²) in [7, 11) is 0. The molecule has 0 unspecified atom stereocenters. The highest BCUT2D eigenvalue weighted by atomic mass is 15.0. The second-order valence-corrected chi connectivity index (χ2v) is 5.27. The third-order valence-electron chi connectivity index (χ3n) is 2.08. The molecule has 0 aromatic rings. The molecule has 0 saturated carbocycles. The summed E-state index contributed by atoms with van der Waals surface area (Å²) in [5, 5.41) is 3.25. The van der Waals surface area contributed by atoms with E-state index < -0.39 is 0 Å². The third-order valence-corrected chi connectivity index (χ3v) is 2.08. The van der Waals surface area contributed by atoms with Gasteiger partial charge >= 0.3 is 0 Å². The molecule has 2 nitrogen and oxygen atoms in total. The first-order valence-corrected chi connectivity index (χ1v) is 4.83. The van der Waals surface area contributed by atoms with Crippen LogP contribution in [-0.4, -0.2) is 11.4 Å². The second kappa shape index (κ2) is 3.17. The lowest BCUT2D eigenvalue weighted by atomic mass is 9.93. The summed E-state index contributed by atoms with van der Waals surface area (Å²) in [5.74, 6) is 1.08. The van der Waals surface area contributed by atoms with Crippen LogP contribution in [0.3, 0.4) is 0 Å². The molecule has 0 atom stereocenters. The molecule has 0 bridgehead atoms. The number of hydrogen-bond donors (Lipinski definition) is 1. The lowest BCUT2D eigenvalue weighted by Crippen LogP contribution is -2.33. The summed E-state index contributed by atoms with van der Waals surface area (Å²) >= 11 is 0. The van der Waals surface area contributed by atoms with Crippen LogP contribution in [0, 0.1) is 5.41 Å². The van der Waals surface area contributed by atoms with Crippen molar-refractivity contribution in [2.75, 3.05) is 0 Å². The Balaban J connectivity index is 2.96. The molecular formula is C11H20N2. The van der Waals surface area contributed by atoms with Crippen molar-refractivity contribution >= 4 is 5.84 Å². The van der Waals surface area contributed by atoms with Crippen molar-refractivity contribution in [2.45, 2.75) is 46.6 Å². The van der Waals surface area contributed by atoms with Crippen molar-refractivity contribution < 1.29 is 0 Å². The molecule has 1 N–H and O–H groups in total. The van der Waals surface area contributed by atoms with E-state index in [1.165, 1.54) is 0 Å². The first kappa shape index (κ1) is 10.3. The average molecular weight is 180 g/mol. The number of hydrogen-bond acceptors (Lipinski definition) is 2. The minimum absolute atomic E-state index is 0.0304. The summed E-state index contributed by atoms with van der Waals surface area (Å²) in [6.07, 6.45) is 5.14. The van der Waals surface area contributed by atoms with Crippen LogP contribution in [-0.2, 0) is 0 Å². The van der Waals surface area contributed by atoms with E-state index in [1.54, 1.807) is 0 Å². The SMILES string of the molecule is CC1(C)CC=CNC(C(C)(C)C)=N1. The van der Waals surface area contributed by atoms with Gasteiger partial charge in [-0.3, -0.25) is 4.99 Å². The number of aliphatic imine (C=N–C) groups is 1. The molecular weight excluding hydrogens is 160 g/mol. The monoisotopic (exact) mass is 180 g/mol. The Hall–Kier alpha value is -0.790. The van der Waals surface area contributed by atoms with Gasteiger partial charge in [-0.25, -0.2) is 0 Å². The molecule has 0 amide bonds. The van der Waals surface area contributed by atoms with Gasteiger partial charge in [0, 0.05) is 5.41 Å². The zero-order chi connectivity index (χ0) is 10.1. The first-order chi connectivity index (χ1) is 5.81. The van der Waals surface area contributed by atoms with Crippen molar-refractivity contribution in [2.24, 2.45) is 10.4 Å². The highest BCUT2D eigenvalue weighted by Gasteiger charge is 2.24. The lowest BCUT2D eigenvalue weighted by Gasteiger charge is -2.25. The molecule has 2 heteroatoms. The maximum atomic E-state index is 4.72. The number of nitrogens with one attached hydrogen (secondary N) is 1. The summed E-state index contributed by atoms with van der Waals surface area (Å²) in [6.45, 7) is 10.8. The van der Waals surface area contributed by atoms with E-state index in [-0.39, 0.29) is 11.0 Å². The fraction of sp³-hybridized carbons (Fsp3) is 0.727. The van der Waals surface area contributed by atoms with Crippen LogP contribution >= 0.6 is 0 Å². The van der Waals surface area contributed by atoms with Gasteiger partial charge in [-0.1, -0.05) is 26.8 Å². The quantitative estimate of drug-likeness (QED) is 0.609. The molecule has 0 saturated heterocycles. The lowest BCUT2D eigenvalue weighted by molar-refractivity contribution is 0.506. The van der Waals surface area contributed by atoms with Crippen LogP contribution in [0.25, 0.3) is 0 Å². The number of rotatable bonds is 0. The van der Waals surface area contributed by atoms with Crippen molar-refractivity contribution in [1.82, 2.24) is 5.32 Å². The van der Waals surface area contributed by atoms with Gasteiger partial charge in [-0.05, 0) is 26.5 Å². The van der Waals surface area contributed by atoms with Gasteiger partial charge < -0.3 is 5.32 Å². The third kappa shape index (κ3) is 2.87. The molecule has 0 aromatic carbocycles. The van der Waals surface area contributed by atoms with Gasteiger partial charge in [0.05, 0.1) is 5.54 Å². The largest absolute Gasteiger partial charge is 0.350 e.